The van der Waals surface area contributed by atoms with E-state index in [0.717, 1.165) is 0 Å². The minimum atomic E-state index is 0. The van der Waals surface area contributed by atoms with Crippen molar-refractivity contribution in [2.45, 2.75) is 6.42 Å². The average molecular weight is 212 g/mol. The van der Waals surface area contributed by atoms with Crippen LogP contribution in [0.1, 0.15) is 6.42 Å². The molecule has 0 aliphatic rings. The summed E-state index contributed by atoms with van der Waals surface area (Å²) in [4.78, 5) is 0. The van der Waals surface area contributed by atoms with E-state index in [2.05, 4.69) is 0 Å². The molecule has 0 atom stereocenters. The van der Waals surface area contributed by atoms with Gasteiger partial charge in [0, 0.05) is 13.2 Å². The van der Waals surface area contributed by atoms with Crippen molar-refractivity contribution >= 4 is 0 Å². The molecule has 0 aromatic rings. The molecule has 0 aliphatic carbocycles. The second-order valence-corrected chi connectivity index (χ2v) is 0.801. The Hall–Kier alpha value is 1.12. The normalized spacial score (nSPS) is 5.25. The number of aliphatic hydroxyl groups excluding tert-OH is 2. The fourth-order valence-electron chi connectivity index (χ4n) is 0.0707. The van der Waals surface area contributed by atoms with Gasteiger partial charge in [0.15, 0.2) is 0 Å². The van der Waals surface area contributed by atoms with Crippen LogP contribution in [0.15, 0.2) is 0 Å². The number of halogens is 2. The molecular weight excluding hydrogens is 204 g/mol. The van der Waals surface area contributed by atoms with Gasteiger partial charge in [-0.15, -0.1) is 0 Å². The molecule has 0 spiro atoms. The molecule has 0 saturated heterocycles. The van der Waals surface area contributed by atoms with Crippen LogP contribution in [0, 0.1) is 0 Å². The number of hydrogen-bond acceptors (Lipinski definition) is 2. The van der Waals surface area contributed by atoms with Crippen LogP contribution in [-0.2, 0) is 19.5 Å². The third-order valence-corrected chi connectivity index (χ3v) is 0.316. The molecule has 0 rings (SSSR count). The molecule has 2 nitrogen and oxygen atoms in total. The maximum atomic E-state index is 7.91. The van der Waals surface area contributed by atoms with E-state index in [1.165, 1.54) is 0 Å². The summed E-state index contributed by atoms with van der Waals surface area (Å²) in [7, 11) is 0. The Balaban J connectivity index is -0.0000000267. The second-order valence-electron chi connectivity index (χ2n) is 0.801. The summed E-state index contributed by atoms with van der Waals surface area (Å²) in [5.41, 5.74) is 0. The van der Waals surface area contributed by atoms with Crippen LogP contribution in [0.5, 0.6) is 0 Å². The van der Waals surface area contributed by atoms with Crippen molar-refractivity contribution in [3.05, 3.63) is 0 Å². The van der Waals surface area contributed by atoms with Crippen LogP contribution < -0.4 is 24.8 Å². The van der Waals surface area contributed by atoms with Gasteiger partial charge in [-0.1, -0.05) is 0 Å². The van der Waals surface area contributed by atoms with Crippen molar-refractivity contribution in [2.75, 3.05) is 13.2 Å². The van der Waals surface area contributed by atoms with E-state index in [1.807, 2.05) is 0 Å². The number of hydrogen-bond donors (Lipinski definition) is 2. The van der Waals surface area contributed by atoms with E-state index in [-0.39, 0.29) is 57.5 Å². The summed E-state index contributed by atoms with van der Waals surface area (Å²) < 4.78 is 0. The van der Waals surface area contributed by atoms with Gasteiger partial charge >= 0.3 is 19.5 Å². The molecule has 0 amide bonds. The van der Waals surface area contributed by atoms with Crippen LogP contribution in [0.2, 0.25) is 0 Å². The van der Waals surface area contributed by atoms with Crippen molar-refractivity contribution < 1.29 is 54.5 Å². The summed E-state index contributed by atoms with van der Waals surface area (Å²) in [5, 5.41) is 15.8. The standard InChI is InChI=1S/C3H8O2.2ClH.Zn/c4-2-1-3-5;;;/h4-5H,1-3H2;2*1H;/q;;;+2/p-2. The van der Waals surface area contributed by atoms with Gasteiger partial charge in [0.25, 0.3) is 0 Å². The first-order valence-corrected chi connectivity index (χ1v) is 1.63. The molecule has 0 heterocycles. The summed E-state index contributed by atoms with van der Waals surface area (Å²) in [6.07, 6.45) is 0.500. The van der Waals surface area contributed by atoms with Gasteiger partial charge in [-0.05, 0) is 6.42 Å². The Bertz CT molecular complexity index is 22.8. The molecule has 0 radical (unpaired) electrons. The summed E-state index contributed by atoms with van der Waals surface area (Å²) in [6.45, 7) is 0.188. The molecule has 2 N–H and O–H groups in total. The molecule has 8 heavy (non-hydrogen) atoms. The SMILES string of the molecule is OCCCO.[Cl-].[Cl-].[Zn+2]. The maximum absolute atomic E-state index is 7.91. The van der Waals surface area contributed by atoms with Crippen LogP contribution in [-0.4, -0.2) is 23.4 Å². The van der Waals surface area contributed by atoms with Crippen LogP contribution in [0.25, 0.3) is 0 Å². The van der Waals surface area contributed by atoms with Gasteiger partial charge in [0.05, 0.1) is 0 Å². The molecule has 0 aliphatic heterocycles. The van der Waals surface area contributed by atoms with Gasteiger partial charge in [-0.25, -0.2) is 0 Å². The fraction of sp³-hybridized carbons (Fsp3) is 1.00. The largest absolute Gasteiger partial charge is 2.00 e. The summed E-state index contributed by atoms with van der Waals surface area (Å²) >= 11 is 0. The fourth-order valence-corrected chi connectivity index (χ4v) is 0.0707. The van der Waals surface area contributed by atoms with E-state index in [0.29, 0.717) is 6.42 Å². The van der Waals surface area contributed by atoms with Gasteiger partial charge < -0.3 is 35.0 Å². The van der Waals surface area contributed by atoms with E-state index in [4.69, 9.17) is 10.2 Å². The zero-order valence-electron chi connectivity index (χ0n) is 4.48. The topological polar surface area (TPSA) is 40.5 Å². The van der Waals surface area contributed by atoms with Crippen LogP contribution in [0.3, 0.4) is 0 Å². The smallest absolute Gasteiger partial charge is 1.00 e. The Morgan fingerprint density at radius 1 is 0.875 bits per heavy atom. The molecule has 0 aromatic carbocycles. The number of aliphatic hydroxyl groups is 2. The van der Waals surface area contributed by atoms with Gasteiger partial charge in [0.2, 0.25) is 0 Å². The van der Waals surface area contributed by atoms with Gasteiger partial charge in [-0.2, -0.15) is 0 Å². The Kier molecular flexibility index (Phi) is 69.5. The first-order chi connectivity index (χ1) is 2.41. The molecular formula is C3H8Cl2O2Zn. The van der Waals surface area contributed by atoms with Crippen molar-refractivity contribution in [3.63, 3.8) is 0 Å². The van der Waals surface area contributed by atoms with E-state index >= 15 is 0 Å². The van der Waals surface area contributed by atoms with E-state index in [1.54, 1.807) is 0 Å². The van der Waals surface area contributed by atoms with Crippen LogP contribution in [0.4, 0.5) is 0 Å². The minimum absolute atomic E-state index is 0. The van der Waals surface area contributed by atoms with Crippen LogP contribution >= 0.6 is 0 Å². The third kappa shape index (κ3) is 27.4. The zero-order valence-corrected chi connectivity index (χ0v) is 8.96. The Morgan fingerprint density at radius 3 is 1.12 bits per heavy atom. The minimum Gasteiger partial charge on any atom is -1.00 e. The molecule has 0 fully saturated rings. The number of rotatable bonds is 2. The van der Waals surface area contributed by atoms with Gasteiger partial charge in [-0.3, -0.25) is 0 Å². The first kappa shape index (κ1) is 22.9. The second kappa shape index (κ2) is 24.2. The Labute approximate surface area is 74.2 Å². The van der Waals surface area contributed by atoms with Crippen molar-refractivity contribution in [1.82, 2.24) is 0 Å². The van der Waals surface area contributed by atoms with Gasteiger partial charge in [0.1, 0.15) is 0 Å². The molecule has 0 bridgehead atoms. The average Bonchev–Trinajstić information content (AvgIpc) is 1.41. The molecule has 0 unspecified atom stereocenters. The van der Waals surface area contributed by atoms with Crippen molar-refractivity contribution in [1.29, 1.82) is 0 Å². The molecule has 5 heteroatoms. The molecule has 48 valence electrons. The Morgan fingerprint density at radius 2 is 1.12 bits per heavy atom. The predicted octanol–water partition coefficient (Wildman–Crippen LogP) is -6.63. The third-order valence-electron chi connectivity index (χ3n) is 0.316. The zero-order chi connectivity index (χ0) is 4.12. The quantitative estimate of drug-likeness (QED) is 0.447. The van der Waals surface area contributed by atoms with E-state index in [9.17, 15) is 0 Å². The van der Waals surface area contributed by atoms with Crippen molar-refractivity contribution in [3.8, 4) is 0 Å². The molecule has 0 saturated carbocycles. The summed E-state index contributed by atoms with van der Waals surface area (Å²) in [5.74, 6) is 0. The monoisotopic (exact) mass is 210 g/mol. The molecule has 0 aromatic heterocycles. The summed E-state index contributed by atoms with van der Waals surface area (Å²) in [6, 6.07) is 0. The first-order valence-electron chi connectivity index (χ1n) is 1.63. The predicted molar refractivity (Wildman–Crippen MR) is 18.8 cm³/mol. The van der Waals surface area contributed by atoms with Crippen molar-refractivity contribution in [2.24, 2.45) is 0 Å². The maximum Gasteiger partial charge on any atom is 2.00 e. The van der Waals surface area contributed by atoms with E-state index < -0.39 is 0 Å².